The number of nitrogens with zero attached hydrogens (tertiary/aromatic N) is 3. The Labute approximate surface area is 335 Å². The van der Waals surface area contributed by atoms with Crippen molar-refractivity contribution in [3.63, 3.8) is 0 Å². The fraction of sp³-hybridized carbons (Fsp3) is 0.0556. The van der Waals surface area contributed by atoms with Gasteiger partial charge >= 0.3 is 0 Å². The molecule has 0 fully saturated rings. The molecule has 0 saturated carbocycles. The van der Waals surface area contributed by atoms with Crippen LogP contribution in [0.2, 0.25) is 0 Å². The number of benzene rings is 9. The van der Waals surface area contributed by atoms with Crippen LogP contribution in [0.15, 0.2) is 180 Å². The van der Waals surface area contributed by atoms with Crippen molar-refractivity contribution in [3.05, 3.63) is 187 Å². The van der Waals surface area contributed by atoms with Crippen molar-refractivity contribution in [1.82, 2.24) is 15.0 Å². The summed E-state index contributed by atoms with van der Waals surface area (Å²) in [5.41, 5.74) is 11.7. The summed E-state index contributed by atoms with van der Waals surface area (Å²) in [4.78, 5) is 15.5. The topological polar surface area (TPSA) is 51.8 Å². The molecular weight excluding hydrogens is 707 g/mol. The zero-order valence-corrected chi connectivity index (χ0v) is 32.0. The van der Waals surface area contributed by atoms with Crippen molar-refractivity contribution in [2.24, 2.45) is 0 Å². The van der Waals surface area contributed by atoms with Gasteiger partial charge in [0.1, 0.15) is 11.2 Å². The average Bonchev–Trinajstić information content (AvgIpc) is 3.77. The van der Waals surface area contributed by atoms with Gasteiger partial charge in [0.2, 0.25) is 0 Å². The molecule has 0 bridgehead atoms. The molecule has 4 nitrogen and oxygen atoms in total. The predicted octanol–water partition coefficient (Wildman–Crippen LogP) is 14.2. The maximum absolute atomic E-state index is 6.52. The standard InChI is InChI=1S/C54H35N3O/c1-54(2)46-17-9-8-15-42(46)44-31-37(22-27-47(44)54)52-55-51(33-12-4-3-5-13-33)56-53(57-52)43-16-10-18-49-50(43)45-30-35(23-28-48(45)58-49)34-20-24-39-36(29-34)21-26-40-38-14-7-6-11-32(38)19-25-41(39)40/h3-31H,1-2H3. The minimum atomic E-state index is -0.0860. The van der Waals surface area contributed by atoms with Crippen LogP contribution in [0.25, 0.3) is 111 Å². The monoisotopic (exact) mass is 741 g/mol. The zero-order chi connectivity index (χ0) is 38.5. The van der Waals surface area contributed by atoms with Crippen molar-refractivity contribution < 1.29 is 4.42 Å². The van der Waals surface area contributed by atoms with Crippen molar-refractivity contribution in [2.75, 3.05) is 0 Å². The highest BCUT2D eigenvalue weighted by Crippen LogP contribution is 2.49. The van der Waals surface area contributed by atoms with Crippen LogP contribution < -0.4 is 0 Å². The Morgan fingerprint density at radius 1 is 0.362 bits per heavy atom. The van der Waals surface area contributed by atoms with Crippen LogP contribution in [0.5, 0.6) is 0 Å². The van der Waals surface area contributed by atoms with E-state index in [0.717, 1.165) is 49.8 Å². The number of furan rings is 1. The number of hydrogen-bond acceptors (Lipinski definition) is 4. The molecule has 0 aliphatic heterocycles. The summed E-state index contributed by atoms with van der Waals surface area (Å²) in [6.07, 6.45) is 0. The lowest BCUT2D eigenvalue weighted by Gasteiger charge is -2.21. The second-order valence-corrected chi connectivity index (χ2v) is 16.0. The van der Waals surface area contributed by atoms with Crippen molar-refractivity contribution >= 4 is 54.3 Å². The second kappa shape index (κ2) is 12.3. The molecule has 0 radical (unpaired) electrons. The van der Waals surface area contributed by atoms with Gasteiger partial charge < -0.3 is 4.42 Å². The van der Waals surface area contributed by atoms with Gasteiger partial charge in [-0.25, -0.2) is 15.0 Å². The molecule has 1 aliphatic carbocycles. The number of aromatic nitrogens is 3. The molecule has 0 amide bonds. The van der Waals surface area contributed by atoms with Gasteiger partial charge in [-0.3, -0.25) is 0 Å². The summed E-state index contributed by atoms with van der Waals surface area (Å²) in [5.74, 6) is 1.87. The Balaban J connectivity index is 1.02. The molecule has 11 aromatic rings. The molecule has 0 atom stereocenters. The van der Waals surface area contributed by atoms with E-state index in [1.165, 1.54) is 54.6 Å². The van der Waals surface area contributed by atoms with Gasteiger partial charge in [0.25, 0.3) is 0 Å². The number of hydrogen-bond donors (Lipinski definition) is 0. The van der Waals surface area contributed by atoms with Gasteiger partial charge in [-0.1, -0.05) is 159 Å². The molecule has 9 aromatic carbocycles. The molecule has 1 aliphatic rings. The molecule has 2 heterocycles. The molecule has 0 unspecified atom stereocenters. The summed E-state index contributed by atoms with van der Waals surface area (Å²) in [7, 11) is 0. The van der Waals surface area contributed by atoms with E-state index in [9.17, 15) is 0 Å². The van der Waals surface area contributed by atoms with E-state index in [1.807, 2.05) is 30.3 Å². The van der Waals surface area contributed by atoms with Crippen LogP contribution in [0.4, 0.5) is 0 Å². The first-order chi connectivity index (χ1) is 28.5. The first-order valence-electron chi connectivity index (χ1n) is 19.8. The molecule has 0 saturated heterocycles. The lowest BCUT2D eigenvalue weighted by Crippen LogP contribution is -2.14. The maximum Gasteiger partial charge on any atom is 0.164 e. The quantitative estimate of drug-likeness (QED) is 0.169. The van der Waals surface area contributed by atoms with Crippen LogP contribution in [-0.4, -0.2) is 15.0 Å². The molecule has 0 spiro atoms. The minimum absolute atomic E-state index is 0.0860. The van der Waals surface area contributed by atoms with Crippen LogP contribution in [0, 0.1) is 0 Å². The van der Waals surface area contributed by atoms with E-state index >= 15 is 0 Å². The Bertz CT molecular complexity index is 3490. The van der Waals surface area contributed by atoms with Gasteiger partial charge in [-0.15, -0.1) is 0 Å². The lowest BCUT2D eigenvalue weighted by atomic mass is 9.82. The molecule has 4 heteroatoms. The lowest BCUT2D eigenvalue weighted by molar-refractivity contribution is 0.660. The Hall–Kier alpha value is -7.43. The van der Waals surface area contributed by atoms with Gasteiger partial charge in [-0.2, -0.15) is 0 Å². The van der Waals surface area contributed by atoms with Crippen LogP contribution in [0.3, 0.4) is 0 Å². The average molecular weight is 742 g/mol. The third kappa shape index (κ3) is 4.91. The first-order valence-corrected chi connectivity index (χ1v) is 19.8. The molecular formula is C54H35N3O. The van der Waals surface area contributed by atoms with Gasteiger partial charge in [-0.05, 0) is 96.0 Å². The summed E-state index contributed by atoms with van der Waals surface area (Å²) < 4.78 is 6.52. The predicted molar refractivity (Wildman–Crippen MR) is 239 cm³/mol. The summed E-state index contributed by atoms with van der Waals surface area (Å²) >= 11 is 0. The highest BCUT2D eigenvalue weighted by Gasteiger charge is 2.35. The second-order valence-electron chi connectivity index (χ2n) is 16.0. The molecule has 58 heavy (non-hydrogen) atoms. The largest absolute Gasteiger partial charge is 0.456 e. The number of rotatable bonds is 4. The van der Waals surface area contributed by atoms with E-state index < -0.39 is 0 Å². The minimum Gasteiger partial charge on any atom is -0.456 e. The number of fused-ring (bicyclic) bond motifs is 11. The van der Waals surface area contributed by atoms with Gasteiger partial charge in [0.05, 0.1) is 0 Å². The van der Waals surface area contributed by atoms with E-state index in [1.54, 1.807) is 0 Å². The molecule has 272 valence electrons. The summed E-state index contributed by atoms with van der Waals surface area (Å²) in [6, 6.07) is 62.6. The van der Waals surface area contributed by atoms with Crippen LogP contribution in [-0.2, 0) is 5.41 Å². The van der Waals surface area contributed by atoms with Crippen LogP contribution >= 0.6 is 0 Å². The SMILES string of the molecule is CC1(C)c2ccccc2-c2cc(-c3nc(-c4ccccc4)nc(-c4cccc5oc6ccc(-c7ccc8c(ccc9c%10ccccc%10ccc89)c7)cc6c45)n3)ccc21. The van der Waals surface area contributed by atoms with Gasteiger partial charge in [0.15, 0.2) is 17.5 Å². The van der Waals surface area contributed by atoms with E-state index in [4.69, 9.17) is 19.4 Å². The maximum atomic E-state index is 6.52. The summed E-state index contributed by atoms with van der Waals surface area (Å²) in [6.45, 7) is 4.60. The van der Waals surface area contributed by atoms with Gasteiger partial charge in [0, 0.05) is 32.9 Å². The normalized spacial score (nSPS) is 13.1. The fourth-order valence-electron chi connectivity index (χ4n) is 9.40. The van der Waals surface area contributed by atoms with Crippen molar-refractivity contribution in [1.29, 1.82) is 0 Å². The van der Waals surface area contributed by atoms with E-state index in [2.05, 4.69) is 159 Å². The van der Waals surface area contributed by atoms with E-state index in [0.29, 0.717) is 17.5 Å². The Morgan fingerprint density at radius 2 is 1.00 bits per heavy atom. The first kappa shape index (κ1) is 32.8. The summed E-state index contributed by atoms with van der Waals surface area (Å²) in [5, 5.41) is 9.55. The van der Waals surface area contributed by atoms with Crippen molar-refractivity contribution in [2.45, 2.75) is 19.3 Å². The Morgan fingerprint density at radius 3 is 1.88 bits per heavy atom. The zero-order valence-electron chi connectivity index (χ0n) is 32.0. The fourth-order valence-corrected chi connectivity index (χ4v) is 9.40. The Kier molecular flexibility index (Phi) is 6.94. The van der Waals surface area contributed by atoms with E-state index in [-0.39, 0.29) is 5.41 Å². The smallest absolute Gasteiger partial charge is 0.164 e. The van der Waals surface area contributed by atoms with Crippen molar-refractivity contribution in [3.8, 4) is 56.4 Å². The third-order valence-corrected chi connectivity index (χ3v) is 12.3. The van der Waals surface area contributed by atoms with Crippen LogP contribution in [0.1, 0.15) is 25.0 Å². The molecule has 2 aromatic heterocycles. The highest BCUT2D eigenvalue weighted by atomic mass is 16.3. The third-order valence-electron chi connectivity index (χ3n) is 12.3. The molecule has 0 N–H and O–H groups in total. The molecule has 12 rings (SSSR count). The highest BCUT2D eigenvalue weighted by molar-refractivity contribution is 6.18.